The maximum Gasteiger partial charge on any atom is 0.277 e. The van der Waals surface area contributed by atoms with Crippen molar-refractivity contribution in [2.45, 2.75) is 27.3 Å². The molecule has 0 radical (unpaired) electrons. The molecule has 154 valence electrons. The van der Waals surface area contributed by atoms with Gasteiger partial charge in [-0.3, -0.25) is 4.79 Å². The van der Waals surface area contributed by atoms with Crippen LogP contribution in [0.1, 0.15) is 22.6 Å². The standard InChI is InChI=1S/C24H21N5O2/c1-15-8-9-18(12-17(15)3)20-13-21-24(30)28(10-11-29(21)26-20)14-22-25-23(27-31-22)19-7-5-4-6-16(19)2/h4-13H,14H2,1-3H3. The van der Waals surface area contributed by atoms with Crippen LogP contribution in [0, 0.1) is 20.8 Å². The second-order valence-corrected chi connectivity index (χ2v) is 7.72. The summed E-state index contributed by atoms with van der Waals surface area (Å²) in [5.74, 6) is 0.891. The van der Waals surface area contributed by atoms with Crippen LogP contribution in [0.3, 0.4) is 0 Å². The summed E-state index contributed by atoms with van der Waals surface area (Å²) in [5, 5.41) is 8.64. The summed E-state index contributed by atoms with van der Waals surface area (Å²) in [7, 11) is 0. The van der Waals surface area contributed by atoms with Crippen molar-refractivity contribution in [2.24, 2.45) is 0 Å². The summed E-state index contributed by atoms with van der Waals surface area (Å²) < 4.78 is 8.56. The van der Waals surface area contributed by atoms with E-state index in [4.69, 9.17) is 4.52 Å². The summed E-state index contributed by atoms with van der Waals surface area (Å²) in [6.07, 6.45) is 3.45. The number of aryl methyl sites for hydroxylation is 3. The first kappa shape index (κ1) is 19.0. The van der Waals surface area contributed by atoms with Gasteiger partial charge in [0.2, 0.25) is 11.7 Å². The highest BCUT2D eigenvalue weighted by Crippen LogP contribution is 2.22. The van der Waals surface area contributed by atoms with E-state index >= 15 is 0 Å². The minimum Gasteiger partial charge on any atom is -0.337 e. The molecule has 7 heteroatoms. The van der Waals surface area contributed by atoms with E-state index in [-0.39, 0.29) is 12.1 Å². The predicted octanol–water partition coefficient (Wildman–Crippen LogP) is 4.19. The summed E-state index contributed by atoms with van der Waals surface area (Å²) in [6.45, 7) is 6.33. The minimum absolute atomic E-state index is 0.166. The fraction of sp³-hybridized carbons (Fsp3) is 0.167. The van der Waals surface area contributed by atoms with E-state index in [0.717, 1.165) is 22.4 Å². The van der Waals surface area contributed by atoms with Gasteiger partial charge in [-0.15, -0.1) is 0 Å². The lowest BCUT2D eigenvalue weighted by Gasteiger charge is -2.02. The zero-order valence-corrected chi connectivity index (χ0v) is 17.5. The monoisotopic (exact) mass is 411 g/mol. The Balaban J connectivity index is 1.47. The first-order valence-electron chi connectivity index (χ1n) is 10.0. The number of benzene rings is 2. The van der Waals surface area contributed by atoms with E-state index in [1.54, 1.807) is 21.5 Å². The molecule has 3 aromatic heterocycles. The Labute approximate surface area is 178 Å². The molecule has 5 aromatic rings. The SMILES string of the molecule is Cc1ccc(-c2cc3c(=O)n(Cc4nc(-c5ccccc5C)no4)ccn3n2)cc1C. The zero-order valence-electron chi connectivity index (χ0n) is 17.5. The molecule has 0 aliphatic heterocycles. The molecular formula is C24H21N5O2. The molecule has 31 heavy (non-hydrogen) atoms. The van der Waals surface area contributed by atoms with Crippen LogP contribution in [0.4, 0.5) is 0 Å². The van der Waals surface area contributed by atoms with Gasteiger partial charge in [-0.2, -0.15) is 10.1 Å². The summed E-state index contributed by atoms with van der Waals surface area (Å²) in [6, 6.07) is 15.8. The van der Waals surface area contributed by atoms with Crippen molar-refractivity contribution < 1.29 is 4.52 Å². The van der Waals surface area contributed by atoms with Gasteiger partial charge < -0.3 is 9.09 Å². The van der Waals surface area contributed by atoms with Crippen molar-refractivity contribution >= 4 is 5.52 Å². The van der Waals surface area contributed by atoms with Gasteiger partial charge >= 0.3 is 0 Å². The van der Waals surface area contributed by atoms with Crippen molar-refractivity contribution in [1.82, 2.24) is 24.3 Å². The summed E-state index contributed by atoms with van der Waals surface area (Å²) in [4.78, 5) is 17.5. The van der Waals surface area contributed by atoms with E-state index in [1.807, 2.05) is 43.3 Å². The number of aromatic nitrogens is 5. The smallest absolute Gasteiger partial charge is 0.277 e. The van der Waals surface area contributed by atoms with Crippen LogP contribution in [-0.4, -0.2) is 24.3 Å². The van der Waals surface area contributed by atoms with Gasteiger partial charge in [0.25, 0.3) is 5.56 Å². The quantitative estimate of drug-likeness (QED) is 0.443. The Morgan fingerprint density at radius 2 is 1.77 bits per heavy atom. The Morgan fingerprint density at radius 3 is 2.58 bits per heavy atom. The molecule has 0 unspecified atom stereocenters. The molecule has 5 rings (SSSR count). The van der Waals surface area contributed by atoms with Crippen LogP contribution in [0.5, 0.6) is 0 Å². The Kier molecular flexibility index (Phi) is 4.51. The molecule has 0 fully saturated rings. The highest BCUT2D eigenvalue weighted by Gasteiger charge is 2.14. The van der Waals surface area contributed by atoms with Gasteiger partial charge in [-0.25, -0.2) is 4.52 Å². The molecule has 0 atom stereocenters. The maximum atomic E-state index is 13.0. The number of hydrogen-bond acceptors (Lipinski definition) is 5. The summed E-state index contributed by atoms with van der Waals surface area (Å²) >= 11 is 0. The van der Waals surface area contributed by atoms with Gasteiger partial charge in [-0.1, -0.05) is 41.6 Å². The van der Waals surface area contributed by atoms with Gasteiger partial charge in [0, 0.05) is 23.5 Å². The summed E-state index contributed by atoms with van der Waals surface area (Å²) in [5.41, 5.74) is 6.46. The molecule has 0 aliphatic rings. The van der Waals surface area contributed by atoms with E-state index in [2.05, 4.69) is 41.2 Å². The third kappa shape index (κ3) is 3.44. The number of fused-ring (bicyclic) bond motifs is 1. The van der Waals surface area contributed by atoms with Gasteiger partial charge in [-0.05, 0) is 49.6 Å². The third-order valence-electron chi connectivity index (χ3n) is 5.57. The second kappa shape index (κ2) is 7.36. The minimum atomic E-state index is -0.166. The van der Waals surface area contributed by atoms with E-state index in [0.29, 0.717) is 17.2 Å². The number of nitrogens with zero attached hydrogens (tertiary/aromatic N) is 5. The molecule has 0 saturated carbocycles. The van der Waals surface area contributed by atoms with Crippen LogP contribution in [0.2, 0.25) is 0 Å². The first-order chi connectivity index (χ1) is 15.0. The van der Waals surface area contributed by atoms with Crippen molar-refractivity contribution in [3.8, 4) is 22.6 Å². The third-order valence-corrected chi connectivity index (χ3v) is 5.57. The largest absolute Gasteiger partial charge is 0.337 e. The number of hydrogen-bond donors (Lipinski definition) is 0. The lowest BCUT2D eigenvalue weighted by atomic mass is 10.0. The molecule has 0 N–H and O–H groups in total. The van der Waals surface area contributed by atoms with Crippen LogP contribution >= 0.6 is 0 Å². The molecule has 7 nitrogen and oxygen atoms in total. The molecule has 0 bridgehead atoms. The topological polar surface area (TPSA) is 78.2 Å². The molecule has 0 spiro atoms. The second-order valence-electron chi connectivity index (χ2n) is 7.72. The zero-order chi connectivity index (χ0) is 21.5. The molecule has 0 aliphatic carbocycles. The van der Waals surface area contributed by atoms with E-state index in [1.165, 1.54) is 11.1 Å². The lowest BCUT2D eigenvalue weighted by molar-refractivity contribution is 0.370. The van der Waals surface area contributed by atoms with Crippen LogP contribution in [0.25, 0.3) is 28.2 Å². The van der Waals surface area contributed by atoms with Gasteiger partial charge in [0.15, 0.2) is 0 Å². The van der Waals surface area contributed by atoms with Crippen LogP contribution in [0.15, 0.2) is 70.2 Å². The van der Waals surface area contributed by atoms with Crippen molar-refractivity contribution in [3.63, 3.8) is 0 Å². The molecule has 2 aromatic carbocycles. The highest BCUT2D eigenvalue weighted by molar-refractivity contribution is 5.66. The molecule has 0 saturated heterocycles. The van der Waals surface area contributed by atoms with E-state index in [9.17, 15) is 4.79 Å². The maximum absolute atomic E-state index is 13.0. The van der Waals surface area contributed by atoms with Crippen molar-refractivity contribution in [1.29, 1.82) is 0 Å². The van der Waals surface area contributed by atoms with E-state index < -0.39 is 0 Å². The average molecular weight is 411 g/mol. The van der Waals surface area contributed by atoms with Gasteiger partial charge in [0.1, 0.15) is 12.1 Å². The number of rotatable bonds is 4. The molecule has 3 heterocycles. The molecular weight excluding hydrogens is 390 g/mol. The predicted molar refractivity (Wildman–Crippen MR) is 118 cm³/mol. The average Bonchev–Trinajstić information content (AvgIpc) is 3.40. The van der Waals surface area contributed by atoms with Crippen molar-refractivity contribution in [3.05, 3.63) is 93.9 Å². The normalized spacial score (nSPS) is 11.3. The van der Waals surface area contributed by atoms with Crippen LogP contribution < -0.4 is 5.56 Å². The fourth-order valence-corrected chi connectivity index (χ4v) is 3.59. The first-order valence-corrected chi connectivity index (χ1v) is 10.0. The van der Waals surface area contributed by atoms with Gasteiger partial charge in [0.05, 0.1) is 5.69 Å². The Morgan fingerprint density at radius 1 is 0.935 bits per heavy atom. The Hall–Kier alpha value is -4.00. The Bertz CT molecular complexity index is 1480. The fourth-order valence-electron chi connectivity index (χ4n) is 3.59. The van der Waals surface area contributed by atoms with Crippen molar-refractivity contribution in [2.75, 3.05) is 0 Å². The highest BCUT2D eigenvalue weighted by atomic mass is 16.5. The lowest BCUT2D eigenvalue weighted by Crippen LogP contribution is -2.21. The molecule has 0 amide bonds. The van der Waals surface area contributed by atoms with Crippen LogP contribution in [-0.2, 0) is 6.54 Å².